The molecule has 2 N–H and O–H groups in total. The first-order valence-electron chi connectivity index (χ1n) is 8.64. The minimum atomic E-state index is -0.0972. The van der Waals surface area contributed by atoms with Crippen LogP contribution >= 0.6 is 0 Å². The van der Waals surface area contributed by atoms with Gasteiger partial charge < -0.3 is 10.3 Å². The van der Waals surface area contributed by atoms with Gasteiger partial charge in [0, 0.05) is 16.6 Å². The van der Waals surface area contributed by atoms with Crippen LogP contribution in [0.2, 0.25) is 0 Å². The van der Waals surface area contributed by atoms with E-state index in [1.165, 1.54) is 11.1 Å². The van der Waals surface area contributed by atoms with Gasteiger partial charge >= 0.3 is 0 Å². The van der Waals surface area contributed by atoms with Crippen LogP contribution in [0.5, 0.6) is 0 Å². The summed E-state index contributed by atoms with van der Waals surface area (Å²) in [4.78, 5) is 15.9. The van der Waals surface area contributed by atoms with E-state index in [-0.39, 0.29) is 5.91 Å². The summed E-state index contributed by atoms with van der Waals surface area (Å²) in [5.74, 6) is 0.316. The number of hydrogen-bond donors (Lipinski definition) is 2. The van der Waals surface area contributed by atoms with Gasteiger partial charge in [-0.1, -0.05) is 45.0 Å². The maximum Gasteiger partial charge on any atom is 0.272 e. The van der Waals surface area contributed by atoms with Crippen LogP contribution in [0.1, 0.15) is 54.7 Å². The second-order valence-electron chi connectivity index (χ2n) is 6.31. The number of carbonyl (C=O) groups is 1. The van der Waals surface area contributed by atoms with Crippen molar-refractivity contribution in [2.75, 3.05) is 5.32 Å². The first-order valence-corrected chi connectivity index (χ1v) is 8.64. The predicted molar refractivity (Wildman–Crippen MR) is 101 cm³/mol. The normalized spacial score (nSPS) is 12.3. The smallest absolute Gasteiger partial charge is 0.272 e. The number of H-pyrrole nitrogens is 1. The van der Waals surface area contributed by atoms with E-state index in [4.69, 9.17) is 0 Å². The molecular weight excluding hydrogens is 296 g/mol. The fourth-order valence-corrected chi connectivity index (χ4v) is 2.97. The number of aryl methyl sites for hydroxylation is 1. The molecule has 3 heteroatoms. The van der Waals surface area contributed by atoms with Crippen molar-refractivity contribution in [1.82, 2.24) is 4.98 Å². The summed E-state index contributed by atoms with van der Waals surface area (Å²) in [7, 11) is 0. The first kappa shape index (κ1) is 16.3. The van der Waals surface area contributed by atoms with Crippen molar-refractivity contribution in [3.05, 3.63) is 65.4 Å². The van der Waals surface area contributed by atoms with Crippen molar-refractivity contribution >= 4 is 22.5 Å². The molecule has 0 aliphatic rings. The molecule has 0 saturated carbocycles. The van der Waals surface area contributed by atoms with Crippen LogP contribution in [-0.4, -0.2) is 10.9 Å². The Kier molecular flexibility index (Phi) is 4.70. The summed E-state index contributed by atoms with van der Waals surface area (Å²) in [6.45, 7) is 6.47. The van der Waals surface area contributed by atoms with E-state index in [1.54, 1.807) is 0 Å². The zero-order chi connectivity index (χ0) is 17.1. The zero-order valence-corrected chi connectivity index (χ0v) is 14.5. The van der Waals surface area contributed by atoms with Crippen LogP contribution in [0.25, 0.3) is 10.9 Å². The highest BCUT2D eigenvalue weighted by Gasteiger charge is 2.14. The summed E-state index contributed by atoms with van der Waals surface area (Å²) in [6.07, 6.45) is 2.03. The molecule has 0 saturated heterocycles. The van der Waals surface area contributed by atoms with Crippen molar-refractivity contribution in [2.24, 2.45) is 0 Å². The van der Waals surface area contributed by atoms with Gasteiger partial charge in [0.15, 0.2) is 0 Å². The number of fused-ring (bicyclic) bond motifs is 1. The second kappa shape index (κ2) is 6.91. The fraction of sp³-hybridized carbons (Fsp3) is 0.286. The molecule has 1 amide bonds. The Labute approximate surface area is 143 Å². The molecule has 0 radical (unpaired) electrons. The SMILES string of the molecule is CCc1ccc2[nH]c(C(=O)Nc3ccccc3[C@@H](C)CC)cc2c1. The number of aromatic amines is 1. The van der Waals surface area contributed by atoms with E-state index < -0.39 is 0 Å². The monoisotopic (exact) mass is 320 g/mol. The van der Waals surface area contributed by atoms with E-state index in [0.29, 0.717) is 11.6 Å². The first-order chi connectivity index (χ1) is 11.6. The lowest BCUT2D eigenvalue weighted by Gasteiger charge is -2.15. The van der Waals surface area contributed by atoms with Crippen LogP contribution in [0, 0.1) is 0 Å². The number of anilines is 1. The number of nitrogens with one attached hydrogen (secondary N) is 2. The molecule has 0 spiro atoms. The zero-order valence-electron chi connectivity index (χ0n) is 14.5. The maximum atomic E-state index is 12.7. The van der Waals surface area contributed by atoms with Crippen molar-refractivity contribution in [2.45, 2.75) is 39.5 Å². The average molecular weight is 320 g/mol. The van der Waals surface area contributed by atoms with Crippen LogP contribution < -0.4 is 5.32 Å². The van der Waals surface area contributed by atoms with Gasteiger partial charge in [-0.15, -0.1) is 0 Å². The molecule has 0 unspecified atom stereocenters. The van der Waals surface area contributed by atoms with Gasteiger partial charge in [-0.2, -0.15) is 0 Å². The molecule has 0 aliphatic carbocycles. The molecule has 0 aliphatic heterocycles. The number of para-hydroxylation sites is 1. The molecule has 1 aromatic heterocycles. The standard InChI is InChI=1S/C21H24N2O/c1-4-14(3)17-8-6-7-9-19(17)23-21(24)20-13-16-12-15(5-2)10-11-18(16)22-20/h6-14,22H,4-5H2,1-3H3,(H,23,24)/t14-/m0/s1. The van der Waals surface area contributed by atoms with E-state index in [9.17, 15) is 4.79 Å². The van der Waals surface area contributed by atoms with Gasteiger partial charge in [0.05, 0.1) is 0 Å². The van der Waals surface area contributed by atoms with Crippen molar-refractivity contribution < 1.29 is 4.79 Å². The summed E-state index contributed by atoms with van der Waals surface area (Å²) in [6, 6.07) is 16.2. The summed E-state index contributed by atoms with van der Waals surface area (Å²) >= 11 is 0. The fourth-order valence-electron chi connectivity index (χ4n) is 2.97. The van der Waals surface area contributed by atoms with Gasteiger partial charge in [0.2, 0.25) is 0 Å². The number of benzene rings is 2. The minimum absolute atomic E-state index is 0.0972. The van der Waals surface area contributed by atoms with E-state index >= 15 is 0 Å². The molecule has 3 aromatic rings. The Balaban J connectivity index is 1.88. The summed E-state index contributed by atoms with van der Waals surface area (Å²) < 4.78 is 0. The number of carbonyl (C=O) groups excluding carboxylic acids is 1. The van der Waals surface area contributed by atoms with Crippen LogP contribution in [0.15, 0.2) is 48.5 Å². The average Bonchev–Trinajstić information content (AvgIpc) is 3.04. The maximum absolute atomic E-state index is 12.7. The molecule has 3 nitrogen and oxygen atoms in total. The van der Waals surface area contributed by atoms with Crippen LogP contribution in [0.3, 0.4) is 0 Å². The number of rotatable bonds is 5. The Morgan fingerprint density at radius 2 is 1.92 bits per heavy atom. The van der Waals surface area contributed by atoms with Crippen molar-refractivity contribution in [3.8, 4) is 0 Å². The number of aromatic nitrogens is 1. The van der Waals surface area contributed by atoms with Gasteiger partial charge in [-0.05, 0) is 54.2 Å². The molecule has 1 atom stereocenters. The van der Waals surface area contributed by atoms with Crippen LogP contribution in [-0.2, 0) is 6.42 Å². The molecule has 3 rings (SSSR count). The summed E-state index contributed by atoms with van der Waals surface area (Å²) in [5.41, 5.74) is 4.93. The lowest BCUT2D eigenvalue weighted by atomic mass is 9.97. The second-order valence-corrected chi connectivity index (χ2v) is 6.31. The Bertz CT molecular complexity index is 863. The lowest BCUT2D eigenvalue weighted by Crippen LogP contribution is -2.14. The number of amides is 1. The van der Waals surface area contributed by atoms with Gasteiger partial charge in [0.25, 0.3) is 5.91 Å². The molecule has 0 bridgehead atoms. The van der Waals surface area contributed by atoms with Crippen molar-refractivity contribution in [1.29, 1.82) is 0 Å². The molecular formula is C21H24N2O. The van der Waals surface area contributed by atoms with Gasteiger partial charge in [-0.3, -0.25) is 4.79 Å². The van der Waals surface area contributed by atoms with Gasteiger partial charge in [-0.25, -0.2) is 0 Å². The summed E-state index contributed by atoms with van der Waals surface area (Å²) in [5, 5.41) is 4.14. The van der Waals surface area contributed by atoms with E-state index in [1.807, 2.05) is 30.3 Å². The Morgan fingerprint density at radius 1 is 1.12 bits per heavy atom. The van der Waals surface area contributed by atoms with Crippen molar-refractivity contribution in [3.63, 3.8) is 0 Å². The molecule has 2 aromatic carbocycles. The highest BCUT2D eigenvalue weighted by atomic mass is 16.1. The molecule has 0 fully saturated rings. The topological polar surface area (TPSA) is 44.9 Å². The lowest BCUT2D eigenvalue weighted by molar-refractivity contribution is 0.102. The minimum Gasteiger partial charge on any atom is -0.351 e. The third-order valence-electron chi connectivity index (χ3n) is 4.69. The molecule has 1 heterocycles. The Hall–Kier alpha value is -2.55. The van der Waals surface area contributed by atoms with E-state index in [2.05, 4.69) is 49.3 Å². The van der Waals surface area contributed by atoms with E-state index in [0.717, 1.165) is 29.4 Å². The quantitative estimate of drug-likeness (QED) is 0.641. The third-order valence-corrected chi connectivity index (χ3v) is 4.69. The predicted octanol–water partition coefficient (Wildman–Crippen LogP) is 5.50. The molecule has 124 valence electrons. The number of hydrogen-bond acceptors (Lipinski definition) is 1. The third kappa shape index (κ3) is 3.21. The van der Waals surface area contributed by atoms with Gasteiger partial charge in [0.1, 0.15) is 5.69 Å². The highest BCUT2D eigenvalue weighted by Crippen LogP contribution is 2.27. The highest BCUT2D eigenvalue weighted by molar-refractivity contribution is 6.06. The molecule has 24 heavy (non-hydrogen) atoms. The Morgan fingerprint density at radius 3 is 2.67 bits per heavy atom. The largest absolute Gasteiger partial charge is 0.351 e. The van der Waals surface area contributed by atoms with Crippen LogP contribution in [0.4, 0.5) is 5.69 Å².